The lowest BCUT2D eigenvalue weighted by molar-refractivity contribution is 0.0944. The summed E-state index contributed by atoms with van der Waals surface area (Å²) in [6.45, 7) is 6.03. The van der Waals surface area contributed by atoms with E-state index in [1.54, 1.807) is 0 Å². The van der Waals surface area contributed by atoms with Gasteiger partial charge in [-0.25, -0.2) is 0 Å². The number of rotatable bonds is 4. The predicted molar refractivity (Wildman–Crippen MR) is 68.5 cm³/mol. The van der Waals surface area contributed by atoms with Gasteiger partial charge in [0.25, 0.3) is 5.91 Å². The molecule has 0 saturated carbocycles. The summed E-state index contributed by atoms with van der Waals surface area (Å²) in [6.07, 6.45) is 3.91. The first kappa shape index (κ1) is 12.8. The van der Waals surface area contributed by atoms with E-state index in [-0.39, 0.29) is 17.2 Å². The quantitative estimate of drug-likeness (QED) is 0.830. The summed E-state index contributed by atoms with van der Waals surface area (Å²) < 4.78 is 0. The maximum atomic E-state index is 11.9. The summed E-state index contributed by atoms with van der Waals surface area (Å²) >= 11 is 0. The number of hydrogen-bond donors (Lipinski definition) is 2. The smallest absolute Gasteiger partial charge is 0.255 e. The van der Waals surface area contributed by atoms with Gasteiger partial charge >= 0.3 is 0 Å². The lowest BCUT2D eigenvalue weighted by atomic mass is 10.1. The molecule has 1 aliphatic heterocycles. The number of aromatic nitrogens is 1. The highest BCUT2D eigenvalue weighted by Crippen LogP contribution is 2.16. The van der Waals surface area contributed by atoms with Gasteiger partial charge in [0.2, 0.25) is 0 Å². The van der Waals surface area contributed by atoms with Crippen LogP contribution in [0.3, 0.4) is 0 Å². The Morgan fingerprint density at radius 3 is 3.17 bits per heavy atom. The molecule has 1 unspecified atom stereocenters. The Hall–Kier alpha value is -1.62. The molecule has 0 aromatic carbocycles. The summed E-state index contributed by atoms with van der Waals surface area (Å²) in [6, 6.07) is 1.53. The SMILES string of the molecule is CCN1CCC(CNC(=O)c2ccncc2O)C1. The molecule has 1 aliphatic rings. The minimum atomic E-state index is -0.232. The summed E-state index contributed by atoms with van der Waals surface area (Å²) in [5, 5.41) is 12.4. The van der Waals surface area contributed by atoms with Crippen LogP contribution in [0.5, 0.6) is 5.75 Å². The summed E-state index contributed by atoms with van der Waals surface area (Å²) in [4.78, 5) is 18.0. The van der Waals surface area contributed by atoms with Crippen molar-refractivity contribution in [1.29, 1.82) is 0 Å². The van der Waals surface area contributed by atoms with E-state index in [4.69, 9.17) is 0 Å². The molecule has 1 aromatic heterocycles. The highest BCUT2D eigenvalue weighted by molar-refractivity contribution is 5.96. The Kier molecular flexibility index (Phi) is 4.15. The average molecular weight is 249 g/mol. The molecule has 1 saturated heterocycles. The molecule has 0 aliphatic carbocycles. The molecular weight excluding hydrogens is 230 g/mol. The number of carbonyl (C=O) groups excluding carboxylic acids is 1. The van der Waals surface area contributed by atoms with Crippen LogP contribution in [0.15, 0.2) is 18.5 Å². The Morgan fingerprint density at radius 2 is 2.50 bits per heavy atom. The van der Waals surface area contributed by atoms with Gasteiger partial charge in [0.1, 0.15) is 5.75 Å². The van der Waals surface area contributed by atoms with Crippen LogP contribution in [0.2, 0.25) is 0 Å². The molecule has 2 heterocycles. The molecule has 1 atom stereocenters. The van der Waals surface area contributed by atoms with E-state index in [2.05, 4.69) is 22.1 Å². The van der Waals surface area contributed by atoms with Crippen LogP contribution in [0, 0.1) is 5.92 Å². The molecule has 1 aromatic rings. The van der Waals surface area contributed by atoms with Crippen LogP contribution in [-0.2, 0) is 0 Å². The number of carbonyl (C=O) groups is 1. The van der Waals surface area contributed by atoms with Crippen molar-refractivity contribution in [3.8, 4) is 5.75 Å². The van der Waals surface area contributed by atoms with Crippen LogP contribution in [0.4, 0.5) is 0 Å². The van der Waals surface area contributed by atoms with E-state index in [1.807, 2.05) is 0 Å². The number of pyridine rings is 1. The Balaban J connectivity index is 1.84. The minimum absolute atomic E-state index is 0.0726. The third kappa shape index (κ3) is 2.98. The van der Waals surface area contributed by atoms with Gasteiger partial charge in [-0.05, 0) is 31.5 Å². The van der Waals surface area contributed by atoms with Gasteiger partial charge in [-0.15, -0.1) is 0 Å². The topological polar surface area (TPSA) is 65.5 Å². The molecule has 5 heteroatoms. The molecule has 0 spiro atoms. The standard InChI is InChI=1S/C13H19N3O2/c1-2-16-6-4-10(9-16)7-15-13(18)11-3-5-14-8-12(11)17/h3,5,8,10,17H,2,4,6-7,9H2,1H3,(H,15,18). The van der Waals surface area contributed by atoms with Crippen molar-refractivity contribution in [2.24, 2.45) is 5.92 Å². The maximum Gasteiger partial charge on any atom is 0.255 e. The lowest BCUT2D eigenvalue weighted by Crippen LogP contribution is -2.31. The highest BCUT2D eigenvalue weighted by Gasteiger charge is 2.22. The molecule has 18 heavy (non-hydrogen) atoms. The first-order valence-corrected chi connectivity index (χ1v) is 6.34. The summed E-state index contributed by atoms with van der Waals surface area (Å²) in [5.41, 5.74) is 0.287. The number of aromatic hydroxyl groups is 1. The zero-order valence-electron chi connectivity index (χ0n) is 10.6. The molecule has 2 rings (SSSR count). The molecule has 5 nitrogen and oxygen atoms in total. The van der Waals surface area contributed by atoms with Crippen molar-refractivity contribution in [3.05, 3.63) is 24.0 Å². The molecule has 1 fully saturated rings. The van der Waals surface area contributed by atoms with E-state index >= 15 is 0 Å². The van der Waals surface area contributed by atoms with Crippen molar-refractivity contribution in [1.82, 2.24) is 15.2 Å². The zero-order chi connectivity index (χ0) is 13.0. The number of hydrogen-bond acceptors (Lipinski definition) is 4. The second-order valence-corrected chi connectivity index (χ2v) is 4.65. The first-order chi connectivity index (χ1) is 8.70. The van der Waals surface area contributed by atoms with E-state index in [9.17, 15) is 9.90 Å². The maximum absolute atomic E-state index is 11.9. The van der Waals surface area contributed by atoms with Crippen molar-refractivity contribution >= 4 is 5.91 Å². The fourth-order valence-corrected chi connectivity index (χ4v) is 2.28. The Labute approximate surface area is 107 Å². The molecule has 0 bridgehead atoms. The van der Waals surface area contributed by atoms with Crippen molar-refractivity contribution in [2.75, 3.05) is 26.2 Å². The minimum Gasteiger partial charge on any atom is -0.505 e. The zero-order valence-corrected chi connectivity index (χ0v) is 10.6. The van der Waals surface area contributed by atoms with Crippen molar-refractivity contribution in [2.45, 2.75) is 13.3 Å². The van der Waals surface area contributed by atoms with Crippen LogP contribution in [0.25, 0.3) is 0 Å². The fraction of sp³-hybridized carbons (Fsp3) is 0.538. The van der Waals surface area contributed by atoms with Crippen LogP contribution in [0.1, 0.15) is 23.7 Å². The van der Waals surface area contributed by atoms with Gasteiger partial charge < -0.3 is 15.3 Å². The number of nitrogens with zero attached hydrogens (tertiary/aromatic N) is 2. The normalized spacial score (nSPS) is 19.9. The van der Waals surface area contributed by atoms with Crippen LogP contribution in [-0.4, -0.2) is 47.1 Å². The third-order valence-corrected chi connectivity index (χ3v) is 3.41. The fourth-order valence-electron chi connectivity index (χ4n) is 2.28. The Bertz CT molecular complexity index is 422. The molecule has 98 valence electrons. The Morgan fingerprint density at radius 1 is 1.67 bits per heavy atom. The highest BCUT2D eigenvalue weighted by atomic mass is 16.3. The van der Waals surface area contributed by atoms with E-state index in [0.29, 0.717) is 12.5 Å². The van der Waals surface area contributed by atoms with Crippen LogP contribution < -0.4 is 5.32 Å². The number of amides is 1. The first-order valence-electron chi connectivity index (χ1n) is 6.34. The molecule has 0 radical (unpaired) electrons. The second-order valence-electron chi connectivity index (χ2n) is 4.65. The summed E-state index contributed by atoms with van der Waals surface area (Å²) in [5.74, 6) is 0.208. The molecule has 2 N–H and O–H groups in total. The van der Waals surface area contributed by atoms with Gasteiger partial charge in [0, 0.05) is 19.3 Å². The van der Waals surface area contributed by atoms with Crippen molar-refractivity contribution in [3.63, 3.8) is 0 Å². The van der Waals surface area contributed by atoms with Gasteiger partial charge in [-0.3, -0.25) is 9.78 Å². The van der Waals surface area contributed by atoms with E-state index in [0.717, 1.165) is 26.1 Å². The molecular formula is C13H19N3O2. The van der Waals surface area contributed by atoms with Gasteiger partial charge in [-0.2, -0.15) is 0 Å². The largest absolute Gasteiger partial charge is 0.505 e. The third-order valence-electron chi connectivity index (χ3n) is 3.41. The van der Waals surface area contributed by atoms with E-state index in [1.165, 1.54) is 18.5 Å². The number of nitrogens with one attached hydrogen (secondary N) is 1. The molecule has 1 amide bonds. The van der Waals surface area contributed by atoms with Crippen molar-refractivity contribution < 1.29 is 9.90 Å². The van der Waals surface area contributed by atoms with Gasteiger partial charge in [0.15, 0.2) is 0 Å². The predicted octanol–water partition coefficient (Wildman–Crippen LogP) is 0.859. The van der Waals surface area contributed by atoms with E-state index < -0.39 is 0 Å². The van der Waals surface area contributed by atoms with Crippen LogP contribution >= 0.6 is 0 Å². The average Bonchev–Trinajstić information content (AvgIpc) is 2.84. The van der Waals surface area contributed by atoms with Gasteiger partial charge in [0.05, 0.1) is 11.8 Å². The summed E-state index contributed by atoms with van der Waals surface area (Å²) in [7, 11) is 0. The van der Waals surface area contributed by atoms with Gasteiger partial charge in [-0.1, -0.05) is 6.92 Å². The lowest BCUT2D eigenvalue weighted by Gasteiger charge is -2.13. The second kappa shape index (κ2) is 5.82. The monoisotopic (exact) mass is 249 g/mol. The number of likely N-dealkylation sites (tertiary alicyclic amines) is 1.